The van der Waals surface area contributed by atoms with Crippen LogP contribution in [0.1, 0.15) is 18.4 Å². The summed E-state index contributed by atoms with van der Waals surface area (Å²) in [6, 6.07) is 6.96. The molecule has 0 radical (unpaired) electrons. The number of benzene rings is 1. The lowest BCUT2D eigenvalue weighted by Gasteiger charge is -2.29. The van der Waals surface area contributed by atoms with E-state index in [0.29, 0.717) is 41.8 Å². The van der Waals surface area contributed by atoms with Crippen LogP contribution in [0, 0.1) is 5.92 Å². The Morgan fingerprint density at radius 3 is 2.67 bits per heavy atom. The number of amides is 1. The Balaban J connectivity index is 1.64. The minimum absolute atomic E-state index is 0.195. The summed E-state index contributed by atoms with van der Waals surface area (Å²) >= 11 is 12.3. The molecule has 2 heterocycles. The molecule has 1 aliphatic heterocycles. The molecule has 0 spiro atoms. The number of anilines is 1. The fourth-order valence-corrected chi connectivity index (χ4v) is 4.48. The summed E-state index contributed by atoms with van der Waals surface area (Å²) in [5.74, 6) is -0.222. The van der Waals surface area contributed by atoms with Crippen molar-refractivity contribution >= 4 is 45.0 Å². The highest BCUT2D eigenvalue weighted by molar-refractivity contribution is 7.88. The predicted molar refractivity (Wildman–Crippen MR) is 106 cm³/mol. The molecule has 0 saturated carbocycles. The van der Waals surface area contributed by atoms with Crippen molar-refractivity contribution < 1.29 is 13.2 Å². The Hall–Kier alpha value is -1.61. The monoisotopic (exact) mass is 430 g/mol. The van der Waals surface area contributed by atoms with Gasteiger partial charge in [-0.15, -0.1) is 0 Å². The molecule has 1 aliphatic rings. The van der Waals surface area contributed by atoms with Gasteiger partial charge in [-0.2, -0.15) is 5.10 Å². The van der Waals surface area contributed by atoms with Gasteiger partial charge in [-0.25, -0.2) is 12.7 Å². The van der Waals surface area contributed by atoms with Crippen LogP contribution < -0.4 is 5.32 Å². The van der Waals surface area contributed by atoms with Crippen LogP contribution >= 0.6 is 23.2 Å². The maximum atomic E-state index is 12.5. The minimum Gasteiger partial charge on any atom is -0.309 e. The van der Waals surface area contributed by atoms with E-state index in [-0.39, 0.29) is 12.5 Å². The standard InChI is InChI=1S/C17H20Cl2N4O3S/c1-27(25,26)23-8-3-4-12(10-23)17(24)20-16-7-9-22(21-16)11-13-14(18)5-2-6-15(13)19/h2,5-7,9,12H,3-4,8,10-11H2,1H3,(H,20,21,24). The summed E-state index contributed by atoms with van der Waals surface area (Å²) in [6.07, 6.45) is 4.19. The van der Waals surface area contributed by atoms with Crippen LogP contribution in [0.3, 0.4) is 0 Å². The quantitative estimate of drug-likeness (QED) is 0.789. The van der Waals surface area contributed by atoms with Crippen molar-refractivity contribution in [3.05, 3.63) is 46.1 Å². The number of aromatic nitrogens is 2. The summed E-state index contributed by atoms with van der Waals surface area (Å²) in [5.41, 5.74) is 0.748. The Bertz CT molecular complexity index is 925. The molecule has 1 aromatic carbocycles. The first-order valence-electron chi connectivity index (χ1n) is 8.46. The second kappa shape index (κ2) is 8.18. The van der Waals surface area contributed by atoms with Gasteiger partial charge in [0.25, 0.3) is 0 Å². The topological polar surface area (TPSA) is 84.3 Å². The summed E-state index contributed by atoms with van der Waals surface area (Å²) in [6.45, 7) is 1.02. The first-order valence-corrected chi connectivity index (χ1v) is 11.1. The smallest absolute Gasteiger partial charge is 0.230 e. The van der Waals surface area contributed by atoms with Crippen molar-refractivity contribution in [3.63, 3.8) is 0 Å². The number of nitrogens with zero attached hydrogens (tertiary/aromatic N) is 3. The van der Waals surface area contributed by atoms with E-state index in [1.807, 2.05) is 0 Å². The third-order valence-corrected chi connectivity index (χ3v) is 6.48. The third kappa shape index (κ3) is 5.01. The van der Waals surface area contributed by atoms with E-state index in [1.54, 1.807) is 35.1 Å². The highest BCUT2D eigenvalue weighted by Gasteiger charge is 2.30. The second-order valence-electron chi connectivity index (χ2n) is 6.55. The molecular formula is C17H20Cl2N4O3S. The van der Waals surface area contributed by atoms with Crippen LogP contribution in [0.4, 0.5) is 5.82 Å². The fourth-order valence-electron chi connectivity index (χ4n) is 3.05. The zero-order chi connectivity index (χ0) is 19.6. The highest BCUT2D eigenvalue weighted by atomic mass is 35.5. The number of piperidine rings is 1. The number of sulfonamides is 1. The number of hydrogen-bond donors (Lipinski definition) is 1. The molecule has 2 aromatic rings. The van der Waals surface area contributed by atoms with Crippen LogP contribution in [0.2, 0.25) is 10.0 Å². The molecule has 1 atom stereocenters. The lowest BCUT2D eigenvalue weighted by atomic mass is 9.99. The van der Waals surface area contributed by atoms with Gasteiger partial charge in [-0.1, -0.05) is 29.3 Å². The number of carbonyl (C=O) groups excluding carboxylic acids is 1. The van der Waals surface area contributed by atoms with Crippen LogP contribution in [-0.4, -0.2) is 47.8 Å². The van der Waals surface area contributed by atoms with Gasteiger partial charge in [0, 0.05) is 41.0 Å². The SMILES string of the molecule is CS(=O)(=O)N1CCCC(C(=O)Nc2ccn(Cc3c(Cl)cccc3Cl)n2)C1. The van der Waals surface area contributed by atoms with Crippen molar-refractivity contribution in [1.29, 1.82) is 0 Å². The number of hydrogen-bond acceptors (Lipinski definition) is 4. The van der Waals surface area contributed by atoms with E-state index >= 15 is 0 Å². The number of halogens is 2. The molecule has 1 aromatic heterocycles. The Morgan fingerprint density at radius 2 is 2.00 bits per heavy atom. The van der Waals surface area contributed by atoms with Crippen molar-refractivity contribution in [2.75, 3.05) is 24.7 Å². The van der Waals surface area contributed by atoms with E-state index in [1.165, 1.54) is 4.31 Å². The molecular weight excluding hydrogens is 411 g/mol. The van der Waals surface area contributed by atoms with E-state index in [0.717, 1.165) is 11.8 Å². The molecule has 27 heavy (non-hydrogen) atoms. The zero-order valence-electron chi connectivity index (χ0n) is 14.7. The Morgan fingerprint density at radius 1 is 1.30 bits per heavy atom. The van der Waals surface area contributed by atoms with Gasteiger partial charge < -0.3 is 5.32 Å². The average Bonchev–Trinajstić information content (AvgIpc) is 3.05. The zero-order valence-corrected chi connectivity index (χ0v) is 17.1. The molecule has 0 aliphatic carbocycles. The molecule has 1 unspecified atom stereocenters. The van der Waals surface area contributed by atoms with Gasteiger partial charge in [0.2, 0.25) is 15.9 Å². The lowest BCUT2D eigenvalue weighted by Crippen LogP contribution is -2.43. The van der Waals surface area contributed by atoms with Gasteiger partial charge in [-0.3, -0.25) is 9.48 Å². The molecule has 146 valence electrons. The average molecular weight is 431 g/mol. The first kappa shape index (κ1) is 20.1. The van der Waals surface area contributed by atoms with Gasteiger partial charge in [-0.05, 0) is 25.0 Å². The van der Waals surface area contributed by atoms with Crippen molar-refractivity contribution in [2.45, 2.75) is 19.4 Å². The maximum Gasteiger partial charge on any atom is 0.230 e. The van der Waals surface area contributed by atoms with Crippen LogP contribution in [0.15, 0.2) is 30.5 Å². The van der Waals surface area contributed by atoms with Crippen LogP contribution in [-0.2, 0) is 21.4 Å². The number of carbonyl (C=O) groups is 1. The van der Waals surface area contributed by atoms with Gasteiger partial charge >= 0.3 is 0 Å². The fraction of sp³-hybridized carbons (Fsp3) is 0.412. The molecule has 0 bridgehead atoms. The molecule has 1 N–H and O–H groups in total. The summed E-state index contributed by atoms with van der Waals surface area (Å²) in [7, 11) is -3.30. The summed E-state index contributed by atoms with van der Waals surface area (Å²) in [5, 5.41) is 8.18. The largest absolute Gasteiger partial charge is 0.309 e. The number of nitrogens with one attached hydrogen (secondary N) is 1. The van der Waals surface area contributed by atoms with E-state index in [2.05, 4.69) is 10.4 Å². The first-order chi connectivity index (χ1) is 12.7. The maximum absolute atomic E-state index is 12.5. The van der Waals surface area contributed by atoms with Crippen molar-refractivity contribution in [3.8, 4) is 0 Å². The highest BCUT2D eigenvalue weighted by Crippen LogP contribution is 2.25. The van der Waals surface area contributed by atoms with E-state index < -0.39 is 15.9 Å². The molecule has 7 nitrogen and oxygen atoms in total. The molecule has 10 heteroatoms. The van der Waals surface area contributed by atoms with Crippen LogP contribution in [0.25, 0.3) is 0 Å². The number of rotatable bonds is 5. The lowest BCUT2D eigenvalue weighted by molar-refractivity contribution is -0.120. The molecule has 1 fully saturated rings. The molecule has 1 saturated heterocycles. The van der Waals surface area contributed by atoms with Crippen molar-refractivity contribution in [2.24, 2.45) is 5.92 Å². The predicted octanol–water partition coefficient (Wildman–Crippen LogP) is 2.85. The Kier molecular flexibility index (Phi) is 6.10. The van der Waals surface area contributed by atoms with E-state index in [4.69, 9.17) is 23.2 Å². The summed E-state index contributed by atoms with van der Waals surface area (Å²) in [4.78, 5) is 12.5. The normalized spacial score (nSPS) is 18.4. The minimum atomic E-state index is -3.30. The summed E-state index contributed by atoms with van der Waals surface area (Å²) < 4.78 is 26.4. The van der Waals surface area contributed by atoms with Gasteiger partial charge in [0.1, 0.15) is 0 Å². The Labute approximate surface area is 168 Å². The second-order valence-corrected chi connectivity index (χ2v) is 9.35. The molecule has 3 rings (SSSR count). The van der Waals surface area contributed by atoms with Gasteiger partial charge in [0.15, 0.2) is 5.82 Å². The third-order valence-electron chi connectivity index (χ3n) is 4.50. The molecule has 1 amide bonds. The van der Waals surface area contributed by atoms with Crippen molar-refractivity contribution in [1.82, 2.24) is 14.1 Å². The van der Waals surface area contributed by atoms with Gasteiger partial charge in [0.05, 0.1) is 18.7 Å². The van der Waals surface area contributed by atoms with Crippen LogP contribution in [0.5, 0.6) is 0 Å². The van der Waals surface area contributed by atoms with E-state index in [9.17, 15) is 13.2 Å².